The first-order valence-electron chi connectivity index (χ1n) is 9.95. The van der Waals surface area contributed by atoms with Crippen LogP contribution >= 0.6 is 11.3 Å². The van der Waals surface area contributed by atoms with Crippen LogP contribution in [0.5, 0.6) is 0 Å². The maximum atomic E-state index is 12.7. The molecule has 1 atom stereocenters. The number of anilines is 1. The van der Waals surface area contributed by atoms with Crippen LogP contribution in [0.3, 0.4) is 0 Å². The van der Waals surface area contributed by atoms with E-state index in [-0.39, 0.29) is 30.2 Å². The van der Waals surface area contributed by atoms with Crippen LogP contribution in [0, 0.1) is 5.92 Å². The van der Waals surface area contributed by atoms with Crippen LogP contribution in [-0.4, -0.2) is 58.7 Å². The number of nitrogens with one attached hydrogen (secondary N) is 1. The van der Waals surface area contributed by atoms with Crippen LogP contribution in [0.1, 0.15) is 25.7 Å². The molecule has 0 spiro atoms. The molecule has 2 saturated heterocycles. The molecule has 1 N–H and O–H groups in total. The number of hydrogen-bond acceptors (Lipinski definition) is 5. The van der Waals surface area contributed by atoms with Crippen LogP contribution in [-0.2, 0) is 14.4 Å². The Morgan fingerprint density at radius 1 is 1.17 bits per heavy atom. The first-order chi connectivity index (χ1) is 14.1. The molecular weight excluding hydrogens is 388 g/mol. The number of aromatic nitrogens is 1. The summed E-state index contributed by atoms with van der Waals surface area (Å²) in [5, 5.41) is 4.95. The van der Waals surface area contributed by atoms with Gasteiger partial charge in [-0.2, -0.15) is 0 Å². The molecule has 152 valence electrons. The highest BCUT2D eigenvalue weighted by Gasteiger charge is 2.30. The number of rotatable bonds is 5. The summed E-state index contributed by atoms with van der Waals surface area (Å²) < 4.78 is 0. The Hall–Kier alpha value is -2.74. The van der Waals surface area contributed by atoms with Gasteiger partial charge in [-0.15, -0.1) is 11.3 Å². The second kappa shape index (κ2) is 8.73. The Morgan fingerprint density at radius 3 is 2.69 bits per heavy atom. The minimum Gasteiger partial charge on any atom is -0.340 e. The molecule has 0 saturated carbocycles. The van der Waals surface area contributed by atoms with E-state index >= 15 is 0 Å². The molecular formula is C21H24N4O3S. The van der Waals surface area contributed by atoms with Gasteiger partial charge in [0.15, 0.2) is 0 Å². The highest BCUT2D eigenvalue weighted by molar-refractivity contribution is 7.07. The number of benzene rings is 1. The van der Waals surface area contributed by atoms with Gasteiger partial charge in [-0.25, -0.2) is 4.98 Å². The minimum absolute atomic E-state index is 0.0470. The number of amides is 3. The van der Waals surface area contributed by atoms with Crippen LogP contribution in [0.4, 0.5) is 5.69 Å². The Bertz CT molecular complexity index is 882. The van der Waals surface area contributed by atoms with Crippen molar-refractivity contribution in [3.63, 3.8) is 0 Å². The van der Waals surface area contributed by atoms with Gasteiger partial charge in [0.25, 0.3) is 0 Å². The maximum absolute atomic E-state index is 12.7. The molecule has 3 heterocycles. The van der Waals surface area contributed by atoms with Crippen molar-refractivity contribution in [1.82, 2.24) is 14.8 Å². The summed E-state index contributed by atoms with van der Waals surface area (Å²) in [6, 6.07) is 7.62. The number of hydrogen-bond donors (Lipinski definition) is 1. The molecule has 0 aliphatic carbocycles. The fourth-order valence-corrected chi connectivity index (χ4v) is 4.44. The van der Waals surface area contributed by atoms with Crippen molar-refractivity contribution >= 4 is 34.7 Å². The van der Waals surface area contributed by atoms with Crippen molar-refractivity contribution in [3.05, 3.63) is 35.2 Å². The average Bonchev–Trinajstić information content (AvgIpc) is 3.41. The highest BCUT2D eigenvalue weighted by Crippen LogP contribution is 2.23. The smallest absolute Gasteiger partial charge is 0.242 e. The second-order valence-electron chi connectivity index (χ2n) is 7.54. The van der Waals surface area contributed by atoms with Gasteiger partial charge in [-0.1, -0.05) is 12.1 Å². The number of thiazole rings is 1. The van der Waals surface area contributed by atoms with Gasteiger partial charge in [0.1, 0.15) is 0 Å². The third-order valence-corrected chi connectivity index (χ3v) is 6.11. The van der Waals surface area contributed by atoms with E-state index in [0.717, 1.165) is 36.2 Å². The Kier molecular flexibility index (Phi) is 5.89. The minimum atomic E-state index is -0.236. The second-order valence-corrected chi connectivity index (χ2v) is 8.26. The zero-order chi connectivity index (χ0) is 20.2. The zero-order valence-corrected chi connectivity index (χ0v) is 17.0. The molecule has 4 rings (SSSR count). The van der Waals surface area contributed by atoms with E-state index < -0.39 is 0 Å². The largest absolute Gasteiger partial charge is 0.340 e. The SMILES string of the molecule is O=C(Nc1ccc(-c2cscn2)cc1)[C@H]1CCCN(C(=O)CN2CCCC2=O)C1. The summed E-state index contributed by atoms with van der Waals surface area (Å²) in [4.78, 5) is 44.7. The first kappa shape index (κ1) is 19.6. The summed E-state index contributed by atoms with van der Waals surface area (Å²) in [5.74, 6) is -0.322. The Balaban J connectivity index is 1.32. The molecule has 2 aromatic rings. The van der Waals surface area contributed by atoms with Crippen molar-refractivity contribution < 1.29 is 14.4 Å². The lowest BCUT2D eigenvalue weighted by Gasteiger charge is -2.33. The molecule has 2 aliphatic rings. The number of carbonyl (C=O) groups excluding carboxylic acids is 3. The zero-order valence-electron chi connectivity index (χ0n) is 16.2. The Labute approximate surface area is 173 Å². The van der Waals surface area contributed by atoms with E-state index in [2.05, 4.69) is 10.3 Å². The lowest BCUT2D eigenvalue weighted by Crippen LogP contribution is -2.47. The van der Waals surface area contributed by atoms with E-state index in [1.807, 2.05) is 29.6 Å². The molecule has 8 heteroatoms. The number of piperidine rings is 1. The number of nitrogens with zero attached hydrogens (tertiary/aromatic N) is 3. The van der Waals surface area contributed by atoms with E-state index in [9.17, 15) is 14.4 Å². The Morgan fingerprint density at radius 2 is 2.00 bits per heavy atom. The molecule has 2 aliphatic heterocycles. The molecule has 29 heavy (non-hydrogen) atoms. The normalized spacial score (nSPS) is 19.4. The molecule has 7 nitrogen and oxygen atoms in total. The third-order valence-electron chi connectivity index (χ3n) is 5.52. The van der Waals surface area contributed by atoms with Gasteiger partial charge in [-0.05, 0) is 31.4 Å². The van der Waals surface area contributed by atoms with Crippen LogP contribution in [0.25, 0.3) is 11.3 Å². The van der Waals surface area contributed by atoms with Gasteiger partial charge < -0.3 is 15.1 Å². The van der Waals surface area contributed by atoms with Gasteiger partial charge in [-0.3, -0.25) is 14.4 Å². The van der Waals surface area contributed by atoms with Crippen molar-refractivity contribution in [1.29, 1.82) is 0 Å². The van der Waals surface area contributed by atoms with Crippen molar-refractivity contribution in [2.24, 2.45) is 5.92 Å². The van der Waals surface area contributed by atoms with E-state index in [0.29, 0.717) is 26.1 Å². The topological polar surface area (TPSA) is 82.6 Å². The monoisotopic (exact) mass is 412 g/mol. The molecule has 1 aromatic carbocycles. The standard InChI is InChI=1S/C21H24N4O3S/c26-19-4-2-10-25(19)12-20(27)24-9-1-3-16(11-24)21(28)23-17-7-5-15(6-8-17)18-13-29-14-22-18/h5-8,13-14,16H,1-4,9-12H2,(H,23,28)/t16-/m0/s1. The average molecular weight is 413 g/mol. The van der Waals surface area contributed by atoms with Crippen molar-refractivity contribution in [2.75, 3.05) is 31.5 Å². The van der Waals surface area contributed by atoms with Crippen molar-refractivity contribution in [2.45, 2.75) is 25.7 Å². The number of likely N-dealkylation sites (tertiary alicyclic amines) is 2. The molecule has 0 bridgehead atoms. The van der Waals surface area contributed by atoms with E-state index in [4.69, 9.17) is 0 Å². The summed E-state index contributed by atoms with van der Waals surface area (Å²) in [6.07, 6.45) is 2.90. The van der Waals surface area contributed by atoms with Gasteiger partial charge in [0.2, 0.25) is 17.7 Å². The third kappa shape index (κ3) is 4.64. The molecule has 2 fully saturated rings. The van der Waals surface area contributed by atoms with E-state index in [1.54, 1.807) is 26.6 Å². The molecule has 1 aromatic heterocycles. The van der Waals surface area contributed by atoms with Crippen LogP contribution in [0.2, 0.25) is 0 Å². The van der Waals surface area contributed by atoms with Gasteiger partial charge >= 0.3 is 0 Å². The summed E-state index contributed by atoms with van der Waals surface area (Å²) in [7, 11) is 0. The predicted octanol–water partition coefficient (Wildman–Crippen LogP) is 2.61. The van der Waals surface area contributed by atoms with Crippen molar-refractivity contribution in [3.8, 4) is 11.3 Å². The summed E-state index contributed by atoms with van der Waals surface area (Å²) in [5.41, 5.74) is 4.46. The highest BCUT2D eigenvalue weighted by atomic mass is 32.1. The fraction of sp³-hybridized carbons (Fsp3) is 0.429. The molecule has 0 radical (unpaired) electrons. The lowest BCUT2D eigenvalue weighted by atomic mass is 9.97. The first-order valence-corrected chi connectivity index (χ1v) is 10.9. The van der Waals surface area contributed by atoms with Crippen LogP contribution < -0.4 is 5.32 Å². The summed E-state index contributed by atoms with van der Waals surface area (Å²) in [6.45, 7) is 1.83. The summed E-state index contributed by atoms with van der Waals surface area (Å²) >= 11 is 1.55. The maximum Gasteiger partial charge on any atom is 0.242 e. The quantitative estimate of drug-likeness (QED) is 0.818. The predicted molar refractivity (Wildman–Crippen MR) is 111 cm³/mol. The van der Waals surface area contributed by atoms with Crippen LogP contribution in [0.15, 0.2) is 35.2 Å². The number of carbonyl (C=O) groups is 3. The van der Waals surface area contributed by atoms with Gasteiger partial charge in [0, 0.05) is 42.7 Å². The van der Waals surface area contributed by atoms with E-state index in [1.165, 1.54) is 0 Å². The molecule has 3 amide bonds. The lowest BCUT2D eigenvalue weighted by molar-refractivity contribution is -0.140. The van der Waals surface area contributed by atoms with Gasteiger partial charge in [0.05, 0.1) is 23.7 Å². The molecule has 0 unspecified atom stereocenters. The fourth-order valence-electron chi connectivity index (χ4n) is 3.88.